The molecule has 6 heteroatoms. The molecule has 0 saturated carbocycles. The summed E-state index contributed by atoms with van der Waals surface area (Å²) in [5.74, 6) is 0.0479. The molecule has 3 atom stereocenters. The third kappa shape index (κ3) is 2.25. The summed E-state index contributed by atoms with van der Waals surface area (Å²) in [6.07, 6.45) is 1.97. The predicted molar refractivity (Wildman–Crippen MR) is 108 cm³/mol. The number of fused-ring (bicyclic) bond motifs is 1. The largest absolute Gasteiger partial charge is 0.351 e. The van der Waals surface area contributed by atoms with Gasteiger partial charge in [-0.2, -0.15) is 0 Å². The number of amides is 2. The third-order valence-corrected chi connectivity index (χ3v) is 7.21. The lowest BCUT2D eigenvalue weighted by atomic mass is 10.0. The van der Waals surface area contributed by atoms with Crippen molar-refractivity contribution < 1.29 is 19.1 Å². The second-order valence-electron chi connectivity index (χ2n) is 8.57. The Hall–Kier alpha value is -2.99. The minimum atomic E-state index is -0.735. The molecule has 30 heavy (non-hydrogen) atoms. The van der Waals surface area contributed by atoms with Crippen molar-refractivity contribution in [1.82, 2.24) is 9.80 Å². The molecule has 6 rings (SSSR count). The molecule has 1 aliphatic carbocycles. The molecule has 152 valence electrons. The summed E-state index contributed by atoms with van der Waals surface area (Å²) < 4.78 is 6.31. The molecule has 2 amide bonds. The van der Waals surface area contributed by atoms with E-state index in [4.69, 9.17) is 4.74 Å². The average molecular weight is 402 g/mol. The standard InChI is InChI=1S/C24H22N2O4/c27-20-10-9-16-17(20)7-4-8-18(16)23(29)25-12-11-24-21(25)13-22(28)26(24)19(14-30-24)15-5-2-1-3-6-15/h1-8,19,21H,9-14H2/t19-,21+,24-/m0/s1. The van der Waals surface area contributed by atoms with Gasteiger partial charge in [-0.25, -0.2) is 0 Å². The molecular weight excluding hydrogens is 380 g/mol. The van der Waals surface area contributed by atoms with Crippen molar-refractivity contribution in [2.75, 3.05) is 13.2 Å². The first-order valence-corrected chi connectivity index (χ1v) is 10.6. The van der Waals surface area contributed by atoms with Crippen molar-refractivity contribution in [1.29, 1.82) is 0 Å². The molecule has 0 N–H and O–H groups in total. The fraction of sp³-hybridized carbons (Fsp3) is 0.375. The number of likely N-dealkylation sites (tertiary alicyclic amines) is 1. The van der Waals surface area contributed by atoms with E-state index in [0.717, 1.165) is 11.1 Å². The number of carbonyl (C=O) groups excluding carboxylic acids is 3. The topological polar surface area (TPSA) is 66.9 Å². The Morgan fingerprint density at radius 3 is 2.70 bits per heavy atom. The number of ketones is 1. The third-order valence-electron chi connectivity index (χ3n) is 7.21. The van der Waals surface area contributed by atoms with E-state index in [1.54, 1.807) is 12.1 Å². The zero-order valence-electron chi connectivity index (χ0n) is 16.5. The summed E-state index contributed by atoms with van der Waals surface area (Å²) in [5.41, 5.74) is 2.44. The Balaban J connectivity index is 1.34. The van der Waals surface area contributed by atoms with Gasteiger partial charge in [-0.15, -0.1) is 0 Å². The van der Waals surface area contributed by atoms with E-state index in [1.165, 1.54) is 0 Å². The fourth-order valence-corrected chi connectivity index (χ4v) is 5.85. The number of hydrogen-bond donors (Lipinski definition) is 0. The molecule has 3 heterocycles. The predicted octanol–water partition coefficient (Wildman–Crippen LogP) is 2.73. The van der Waals surface area contributed by atoms with E-state index in [0.29, 0.717) is 43.5 Å². The van der Waals surface area contributed by atoms with Crippen LogP contribution in [-0.2, 0) is 16.0 Å². The number of ether oxygens (including phenoxy) is 1. The average Bonchev–Trinajstić information content (AvgIpc) is 3.49. The minimum absolute atomic E-state index is 0.0392. The number of rotatable bonds is 2. The zero-order valence-corrected chi connectivity index (χ0v) is 16.5. The van der Waals surface area contributed by atoms with Gasteiger partial charge in [0.2, 0.25) is 5.91 Å². The minimum Gasteiger partial charge on any atom is -0.351 e. The number of hydrogen-bond acceptors (Lipinski definition) is 4. The first-order chi connectivity index (χ1) is 14.6. The van der Waals surface area contributed by atoms with Crippen molar-refractivity contribution in [3.63, 3.8) is 0 Å². The van der Waals surface area contributed by atoms with Crippen molar-refractivity contribution in [3.8, 4) is 0 Å². The van der Waals surface area contributed by atoms with Gasteiger partial charge in [0.25, 0.3) is 5.91 Å². The van der Waals surface area contributed by atoms with Crippen LogP contribution in [-0.4, -0.2) is 52.3 Å². The molecular formula is C24H22N2O4. The van der Waals surface area contributed by atoms with E-state index in [9.17, 15) is 14.4 Å². The van der Waals surface area contributed by atoms with Crippen LogP contribution in [0.2, 0.25) is 0 Å². The highest BCUT2D eigenvalue weighted by Gasteiger charge is 2.65. The van der Waals surface area contributed by atoms with Crippen LogP contribution >= 0.6 is 0 Å². The molecule has 3 saturated heterocycles. The quantitative estimate of drug-likeness (QED) is 0.775. The summed E-state index contributed by atoms with van der Waals surface area (Å²) >= 11 is 0. The van der Waals surface area contributed by atoms with Gasteiger partial charge >= 0.3 is 0 Å². The Morgan fingerprint density at radius 2 is 1.87 bits per heavy atom. The van der Waals surface area contributed by atoms with Crippen LogP contribution in [0.1, 0.15) is 57.1 Å². The first kappa shape index (κ1) is 17.8. The van der Waals surface area contributed by atoms with Crippen LogP contribution < -0.4 is 0 Å². The van der Waals surface area contributed by atoms with E-state index in [1.807, 2.05) is 46.2 Å². The van der Waals surface area contributed by atoms with Gasteiger partial charge in [0.05, 0.1) is 25.1 Å². The monoisotopic (exact) mass is 402 g/mol. The van der Waals surface area contributed by atoms with Gasteiger partial charge in [0.15, 0.2) is 11.5 Å². The Kier molecular flexibility index (Phi) is 3.72. The van der Waals surface area contributed by atoms with Crippen LogP contribution in [0.3, 0.4) is 0 Å². The zero-order chi connectivity index (χ0) is 20.5. The number of Topliss-reactive ketones (excluding diaryl/α,β-unsaturated/α-hetero) is 1. The van der Waals surface area contributed by atoms with Gasteiger partial charge in [-0.05, 0) is 23.6 Å². The second-order valence-corrected chi connectivity index (χ2v) is 8.57. The fourth-order valence-electron chi connectivity index (χ4n) is 5.85. The molecule has 0 radical (unpaired) electrons. The molecule has 0 bridgehead atoms. The highest BCUT2D eigenvalue weighted by atomic mass is 16.5. The molecule has 2 aromatic rings. The van der Waals surface area contributed by atoms with Crippen LogP contribution in [0.15, 0.2) is 48.5 Å². The van der Waals surface area contributed by atoms with E-state index >= 15 is 0 Å². The lowest BCUT2D eigenvalue weighted by Crippen LogP contribution is -2.49. The molecule has 1 spiro atoms. The summed E-state index contributed by atoms with van der Waals surface area (Å²) in [4.78, 5) is 42.4. The van der Waals surface area contributed by atoms with E-state index in [-0.39, 0.29) is 36.1 Å². The second kappa shape index (κ2) is 6.25. The maximum absolute atomic E-state index is 13.5. The molecule has 6 nitrogen and oxygen atoms in total. The van der Waals surface area contributed by atoms with Crippen molar-refractivity contribution >= 4 is 17.6 Å². The smallest absolute Gasteiger partial charge is 0.254 e. The van der Waals surface area contributed by atoms with Crippen LogP contribution in [0.5, 0.6) is 0 Å². The molecule has 4 aliphatic rings. The van der Waals surface area contributed by atoms with Crippen molar-refractivity contribution in [2.24, 2.45) is 0 Å². The summed E-state index contributed by atoms with van der Waals surface area (Å²) in [6.45, 7) is 0.996. The Labute approximate surface area is 174 Å². The van der Waals surface area contributed by atoms with Gasteiger partial charge in [-0.1, -0.05) is 42.5 Å². The van der Waals surface area contributed by atoms with Gasteiger partial charge in [0, 0.05) is 30.5 Å². The lowest BCUT2D eigenvalue weighted by Gasteiger charge is -2.33. The Bertz CT molecular complexity index is 1080. The highest BCUT2D eigenvalue weighted by molar-refractivity contribution is 6.06. The molecule has 2 aromatic carbocycles. The Morgan fingerprint density at radius 1 is 1.03 bits per heavy atom. The SMILES string of the molecule is O=C1CCc2c1cccc2C(=O)N1CC[C@@]23OC[C@@H](c4ccccc4)N2C(=O)C[C@@H]13. The van der Waals surface area contributed by atoms with Gasteiger partial charge in [-0.3, -0.25) is 14.4 Å². The number of benzene rings is 2. The lowest BCUT2D eigenvalue weighted by molar-refractivity contribution is -0.138. The molecule has 3 fully saturated rings. The molecule has 3 aliphatic heterocycles. The summed E-state index contributed by atoms with van der Waals surface area (Å²) in [5, 5.41) is 0. The van der Waals surface area contributed by atoms with Crippen LogP contribution in [0.4, 0.5) is 0 Å². The first-order valence-electron chi connectivity index (χ1n) is 10.6. The molecule has 0 aromatic heterocycles. The van der Waals surface area contributed by atoms with Gasteiger partial charge < -0.3 is 14.5 Å². The summed E-state index contributed by atoms with van der Waals surface area (Å²) in [6, 6.07) is 14.9. The number of carbonyl (C=O) groups is 3. The number of nitrogens with zero attached hydrogens (tertiary/aromatic N) is 2. The van der Waals surface area contributed by atoms with Crippen molar-refractivity contribution in [3.05, 3.63) is 70.8 Å². The maximum atomic E-state index is 13.5. The van der Waals surface area contributed by atoms with Crippen LogP contribution in [0, 0.1) is 0 Å². The molecule has 0 unspecified atom stereocenters. The summed E-state index contributed by atoms with van der Waals surface area (Å²) in [7, 11) is 0. The normalized spacial score (nSPS) is 29.3. The maximum Gasteiger partial charge on any atom is 0.254 e. The van der Waals surface area contributed by atoms with E-state index in [2.05, 4.69) is 0 Å². The van der Waals surface area contributed by atoms with Crippen molar-refractivity contribution in [2.45, 2.75) is 43.5 Å². The van der Waals surface area contributed by atoms with Gasteiger partial charge in [0.1, 0.15) is 0 Å². The van der Waals surface area contributed by atoms with E-state index < -0.39 is 5.72 Å². The van der Waals surface area contributed by atoms with Crippen LogP contribution in [0.25, 0.3) is 0 Å². The highest BCUT2D eigenvalue weighted by Crippen LogP contribution is 2.51.